The number of amides is 1. The zero-order valence-electron chi connectivity index (χ0n) is 9.68. The molecule has 9 heteroatoms. The molecule has 0 N–H and O–H groups in total. The molecule has 110 valence electrons. The summed E-state index contributed by atoms with van der Waals surface area (Å²) in [5, 5.41) is -0.380. The van der Waals surface area contributed by atoms with Gasteiger partial charge in [0.15, 0.2) is 0 Å². The van der Waals surface area contributed by atoms with Crippen molar-refractivity contribution in [1.82, 2.24) is 0 Å². The monoisotopic (exact) mass is 391 g/mol. The van der Waals surface area contributed by atoms with E-state index in [4.69, 9.17) is 23.2 Å². The molecule has 1 fully saturated rings. The molecule has 20 heavy (non-hydrogen) atoms. The standard InChI is InChI=1S/C11H7BrCl2F3NO2/c12-7-2-6(20-11(15,16)17)3-8(14)10(7)18-4-5(13)1-9(18)19/h2-3,5H,1,4H2. The number of halogens is 6. The lowest BCUT2D eigenvalue weighted by atomic mass is 10.2. The number of hydrogen-bond acceptors (Lipinski definition) is 2. The van der Waals surface area contributed by atoms with E-state index in [0.29, 0.717) is 0 Å². The van der Waals surface area contributed by atoms with Crippen molar-refractivity contribution in [2.45, 2.75) is 18.2 Å². The first kappa shape index (κ1) is 15.7. The minimum atomic E-state index is -4.81. The summed E-state index contributed by atoms with van der Waals surface area (Å²) in [5.41, 5.74) is 0.286. The first-order valence-corrected chi connectivity index (χ1v) is 6.97. The van der Waals surface area contributed by atoms with E-state index >= 15 is 0 Å². The van der Waals surface area contributed by atoms with Crippen molar-refractivity contribution in [1.29, 1.82) is 0 Å². The minimum absolute atomic E-state index is 0.0299. The van der Waals surface area contributed by atoms with Crippen LogP contribution < -0.4 is 9.64 Å². The molecule has 0 saturated carbocycles. The zero-order chi connectivity index (χ0) is 15.1. The fourth-order valence-electron chi connectivity index (χ4n) is 1.87. The van der Waals surface area contributed by atoms with Crippen LogP contribution in [0.4, 0.5) is 18.9 Å². The summed E-state index contributed by atoms with van der Waals surface area (Å²) in [6.45, 7) is 0.248. The summed E-state index contributed by atoms with van der Waals surface area (Å²) in [7, 11) is 0. The van der Waals surface area contributed by atoms with E-state index in [-0.39, 0.29) is 39.4 Å². The van der Waals surface area contributed by atoms with Crippen LogP contribution in [-0.4, -0.2) is 24.2 Å². The fourth-order valence-corrected chi connectivity index (χ4v) is 3.22. The quantitative estimate of drug-likeness (QED) is 0.700. The second kappa shape index (κ2) is 5.61. The first-order valence-electron chi connectivity index (χ1n) is 5.36. The third-order valence-corrected chi connectivity index (χ3v) is 3.76. The molecule has 0 aliphatic carbocycles. The molecule has 1 aliphatic heterocycles. The summed E-state index contributed by atoms with van der Waals surface area (Å²) in [6.07, 6.45) is -4.65. The molecular formula is C11H7BrCl2F3NO2. The van der Waals surface area contributed by atoms with Crippen LogP contribution in [0.15, 0.2) is 16.6 Å². The number of carbonyl (C=O) groups is 1. The Morgan fingerprint density at radius 1 is 1.40 bits per heavy atom. The topological polar surface area (TPSA) is 29.5 Å². The van der Waals surface area contributed by atoms with Crippen molar-refractivity contribution in [2.24, 2.45) is 0 Å². The highest BCUT2D eigenvalue weighted by Gasteiger charge is 2.34. The van der Waals surface area contributed by atoms with Gasteiger partial charge in [0.05, 0.1) is 16.1 Å². The molecule has 0 radical (unpaired) electrons. The van der Waals surface area contributed by atoms with Gasteiger partial charge in [0, 0.05) is 23.5 Å². The van der Waals surface area contributed by atoms with Crippen LogP contribution in [0.5, 0.6) is 5.75 Å². The predicted octanol–water partition coefficient (Wildman–Crippen LogP) is 4.35. The summed E-state index contributed by atoms with van der Waals surface area (Å²) in [6, 6.07) is 2.10. The van der Waals surface area contributed by atoms with Gasteiger partial charge >= 0.3 is 6.36 Å². The molecular weight excluding hydrogens is 386 g/mol. The molecule has 1 aliphatic rings. The zero-order valence-corrected chi connectivity index (χ0v) is 12.8. The van der Waals surface area contributed by atoms with Crippen LogP contribution in [0.25, 0.3) is 0 Å². The first-order chi connectivity index (χ1) is 9.17. The lowest BCUT2D eigenvalue weighted by molar-refractivity contribution is -0.274. The molecule has 1 aromatic rings. The van der Waals surface area contributed by atoms with Crippen molar-refractivity contribution in [3.8, 4) is 5.75 Å². The molecule has 0 bridgehead atoms. The van der Waals surface area contributed by atoms with Crippen LogP contribution in [0.3, 0.4) is 0 Å². The Morgan fingerprint density at radius 3 is 2.50 bits per heavy atom. The SMILES string of the molecule is O=C1CC(Cl)CN1c1c(Cl)cc(OC(F)(F)F)cc1Br. The van der Waals surface area contributed by atoms with E-state index in [1.54, 1.807) is 0 Å². The van der Waals surface area contributed by atoms with Crippen molar-refractivity contribution in [2.75, 3.05) is 11.4 Å². The number of rotatable bonds is 2. The Balaban J connectivity index is 2.34. The van der Waals surface area contributed by atoms with Crippen molar-refractivity contribution in [3.05, 3.63) is 21.6 Å². The fraction of sp³-hybridized carbons (Fsp3) is 0.364. The molecule has 1 atom stereocenters. The van der Waals surface area contributed by atoms with E-state index in [1.165, 1.54) is 4.90 Å². The summed E-state index contributed by atoms with van der Waals surface area (Å²) < 4.78 is 40.5. The third-order valence-electron chi connectivity index (χ3n) is 2.57. The van der Waals surface area contributed by atoms with Gasteiger partial charge < -0.3 is 9.64 Å². The van der Waals surface area contributed by atoms with E-state index in [0.717, 1.165) is 12.1 Å². The van der Waals surface area contributed by atoms with Gasteiger partial charge in [0.2, 0.25) is 5.91 Å². The Bertz CT molecular complexity index is 530. The van der Waals surface area contributed by atoms with E-state index in [2.05, 4.69) is 20.7 Å². The third kappa shape index (κ3) is 3.51. The molecule has 1 unspecified atom stereocenters. The number of nitrogens with zero attached hydrogens (tertiary/aromatic N) is 1. The predicted molar refractivity (Wildman–Crippen MR) is 72.4 cm³/mol. The highest BCUT2D eigenvalue weighted by molar-refractivity contribution is 9.10. The number of anilines is 1. The molecule has 0 spiro atoms. The number of alkyl halides is 4. The maximum Gasteiger partial charge on any atom is 0.573 e. The van der Waals surface area contributed by atoms with Gasteiger partial charge in [-0.05, 0) is 22.0 Å². The van der Waals surface area contributed by atoms with Crippen LogP contribution >= 0.6 is 39.1 Å². The highest BCUT2D eigenvalue weighted by atomic mass is 79.9. The van der Waals surface area contributed by atoms with Crippen molar-refractivity contribution in [3.63, 3.8) is 0 Å². The average molecular weight is 393 g/mol. The second-order valence-electron chi connectivity index (χ2n) is 4.09. The van der Waals surface area contributed by atoms with Gasteiger partial charge in [0.25, 0.3) is 0 Å². The summed E-state index contributed by atoms with van der Waals surface area (Å²) in [4.78, 5) is 13.1. The maximum absolute atomic E-state index is 12.2. The Morgan fingerprint density at radius 2 is 2.05 bits per heavy atom. The van der Waals surface area contributed by atoms with E-state index in [9.17, 15) is 18.0 Å². The van der Waals surface area contributed by atoms with Crippen LogP contribution in [0.2, 0.25) is 5.02 Å². The largest absolute Gasteiger partial charge is 0.573 e. The van der Waals surface area contributed by atoms with Gasteiger partial charge in [-0.1, -0.05) is 11.6 Å². The minimum Gasteiger partial charge on any atom is -0.406 e. The van der Waals surface area contributed by atoms with Crippen LogP contribution in [-0.2, 0) is 4.79 Å². The number of hydrogen-bond donors (Lipinski definition) is 0. The van der Waals surface area contributed by atoms with Gasteiger partial charge in [0.1, 0.15) is 5.75 Å². The maximum atomic E-state index is 12.2. The average Bonchev–Trinajstić information content (AvgIpc) is 2.54. The van der Waals surface area contributed by atoms with Crippen molar-refractivity contribution >= 4 is 50.7 Å². The Labute approximate surface area is 130 Å². The highest BCUT2D eigenvalue weighted by Crippen LogP contribution is 2.41. The molecule has 1 heterocycles. The van der Waals surface area contributed by atoms with Gasteiger partial charge in [-0.25, -0.2) is 0 Å². The smallest absolute Gasteiger partial charge is 0.406 e. The summed E-state index contributed by atoms with van der Waals surface area (Å²) in [5.74, 6) is -0.704. The lowest BCUT2D eigenvalue weighted by Gasteiger charge is -2.20. The molecule has 3 nitrogen and oxygen atoms in total. The molecule has 1 amide bonds. The van der Waals surface area contributed by atoms with E-state index in [1.807, 2.05) is 0 Å². The molecule has 1 aromatic carbocycles. The van der Waals surface area contributed by atoms with Gasteiger partial charge in [-0.3, -0.25) is 4.79 Å². The van der Waals surface area contributed by atoms with Gasteiger partial charge in [-0.2, -0.15) is 0 Å². The van der Waals surface area contributed by atoms with Gasteiger partial charge in [-0.15, -0.1) is 24.8 Å². The second-order valence-corrected chi connectivity index (χ2v) is 5.97. The molecule has 0 aromatic heterocycles. The number of carbonyl (C=O) groups excluding carboxylic acids is 1. The molecule has 2 rings (SSSR count). The number of benzene rings is 1. The van der Waals surface area contributed by atoms with Crippen LogP contribution in [0.1, 0.15) is 6.42 Å². The number of ether oxygens (including phenoxy) is 1. The lowest BCUT2D eigenvalue weighted by Crippen LogP contribution is -2.25. The Kier molecular flexibility index (Phi) is 4.41. The Hall–Kier alpha value is -0.660. The normalized spacial score (nSPS) is 19.6. The van der Waals surface area contributed by atoms with Crippen molar-refractivity contribution < 1.29 is 22.7 Å². The molecule has 1 saturated heterocycles. The summed E-state index contributed by atoms with van der Waals surface area (Å²) >= 11 is 14.9. The van der Waals surface area contributed by atoms with E-state index < -0.39 is 12.1 Å². The van der Waals surface area contributed by atoms with Crippen LogP contribution in [0, 0.1) is 0 Å².